The van der Waals surface area contributed by atoms with Crippen LogP contribution in [0.3, 0.4) is 0 Å². The smallest absolute Gasteiger partial charge is 0.387 e. The van der Waals surface area contributed by atoms with Crippen LogP contribution >= 0.6 is 23.2 Å². The maximum atomic E-state index is 12.6. The van der Waals surface area contributed by atoms with E-state index in [1.54, 1.807) is 0 Å². The van der Waals surface area contributed by atoms with Gasteiger partial charge in [-0.15, -0.1) is 0 Å². The number of rotatable bonds is 4. The van der Waals surface area contributed by atoms with E-state index in [0.29, 0.717) is 21.6 Å². The standard InChI is InChI=1S/C14H9Cl2F2N3O2/c15-7-1-2-12(23-14(17)18)11(3-7)21-10-4-13(16)19-5-8(10)9(6-22)20-21/h1-5,14,22H,6H2. The molecule has 0 bridgehead atoms. The second-order valence-corrected chi connectivity index (χ2v) is 5.36. The quantitative estimate of drug-likeness (QED) is 0.719. The van der Waals surface area contributed by atoms with E-state index >= 15 is 0 Å². The molecule has 1 aromatic carbocycles. The van der Waals surface area contributed by atoms with E-state index in [1.165, 1.54) is 35.1 Å². The van der Waals surface area contributed by atoms with E-state index < -0.39 is 6.61 Å². The van der Waals surface area contributed by atoms with Crippen LogP contribution in [0.15, 0.2) is 30.5 Å². The summed E-state index contributed by atoms with van der Waals surface area (Å²) in [6.45, 7) is -3.35. The van der Waals surface area contributed by atoms with Gasteiger partial charge in [0.15, 0.2) is 5.75 Å². The Morgan fingerprint density at radius 1 is 1.26 bits per heavy atom. The van der Waals surface area contributed by atoms with Crippen molar-refractivity contribution in [3.8, 4) is 11.4 Å². The Balaban J connectivity index is 2.28. The van der Waals surface area contributed by atoms with Crippen molar-refractivity contribution < 1.29 is 18.6 Å². The second kappa shape index (κ2) is 6.27. The molecule has 0 unspecified atom stereocenters. The number of ether oxygens (including phenoxy) is 1. The molecule has 120 valence electrons. The molecule has 0 atom stereocenters. The van der Waals surface area contributed by atoms with E-state index in [2.05, 4.69) is 14.8 Å². The molecule has 0 saturated carbocycles. The number of hydrogen-bond donors (Lipinski definition) is 1. The van der Waals surface area contributed by atoms with Crippen molar-refractivity contribution in [3.63, 3.8) is 0 Å². The van der Waals surface area contributed by atoms with Crippen LogP contribution in [-0.2, 0) is 6.61 Å². The Hall–Kier alpha value is -1.96. The third-order valence-electron chi connectivity index (χ3n) is 3.12. The maximum Gasteiger partial charge on any atom is 0.387 e. The topological polar surface area (TPSA) is 60.2 Å². The van der Waals surface area contributed by atoms with Gasteiger partial charge in [-0.25, -0.2) is 9.67 Å². The van der Waals surface area contributed by atoms with Gasteiger partial charge in [0, 0.05) is 22.7 Å². The first-order chi connectivity index (χ1) is 11.0. The Bertz CT molecular complexity index is 871. The Morgan fingerprint density at radius 2 is 2.04 bits per heavy atom. The van der Waals surface area contributed by atoms with Crippen LogP contribution in [0.2, 0.25) is 10.2 Å². The molecule has 0 fully saturated rings. The number of benzene rings is 1. The normalized spacial score (nSPS) is 11.4. The minimum absolute atomic E-state index is 0.105. The monoisotopic (exact) mass is 359 g/mol. The lowest BCUT2D eigenvalue weighted by atomic mass is 10.2. The van der Waals surface area contributed by atoms with Crippen LogP contribution in [0.5, 0.6) is 5.75 Å². The fraction of sp³-hybridized carbons (Fsp3) is 0.143. The lowest BCUT2D eigenvalue weighted by molar-refractivity contribution is -0.0498. The number of aliphatic hydroxyl groups excluding tert-OH is 1. The summed E-state index contributed by atoms with van der Waals surface area (Å²) in [7, 11) is 0. The highest BCUT2D eigenvalue weighted by molar-refractivity contribution is 6.31. The molecule has 23 heavy (non-hydrogen) atoms. The maximum absolute atomic E-state index is 12.6. The zero-order valence-corrected chi connectivity index (χ0v) is 12.9. The Labute approximate surface area is 139 Å². The van der Waals surface area contributed by atoms with Crippen LogP contribution in [0, 0.1) is 0 Å². The summed E-state index contributed by atoms with van der Waals surface area (Å²) in [6, 6.07) is 5.69. The fourth-order valence-electron chi connectivity index (χ4n) is 2.20. The van der Waals surface area contributed by atoms with Gasteiger partial charge in [0.05, 0.1) is 17.8 Å². The number of fused-ring (bicyclic) bond motifs is 1. The molecule has 0 amide bonds. The molecule has 0 aliphatic rings. The SMILES string of the molecule is OCc1nn(-c2cc(Cl)ccc2OC(F)F)c2cc(Cl)ncc12. The Morgan fingerprint density at radius 3 is 2.74 bits per heavy atom. The van der Waals surface area contributed by atoms with Gasteiger partial charge in [0.2, 0.25) is 0 Å². The molecule has 3 rings (SSSR count). The third kappa shape index (κ3) is 3.08. The van der Waals surface area contributed by atoms with Crippen molar-refractivity contribution in [2.24, 2.45) is 0 Å². The lowest BCUT2D eigenvalue weighted by Crippen LogP contribution is -2.07. The van der Waals surface area contributed by atoms with Gasteiger partial charge in [-0.3, -0.25) is 0 Å². The molecule has 0 aliphatic heterocycles. The summed E-state index contributed by atoms with van der Waals surface area (Å²) in [5.74, 6) is -0.105. The van der Waals surface area contributed by atoms with Crippen LogP contribution in [0.25, 0.3) is 16.6 Å². The van der Waals surface area contributed by atoms with Gasteiger partial charge < -0.3 is 9.84 Å². The van der Waals surface area contributed by atoms with Gasteiger partial charge >= 0.3 is 6.61 Å². The van der Waals surface area contributed by atoms with E-state index in [0.717, 1.165) is 0 Å². The van der Waals surface area contributed by atoms with Gasteiger partial charge in [-0.1, -0.05) is 23.2 Å². The number of hydrogen-bond acceptors (Lipinski definition) is 4. The number of aliphatic hydroxyl groups is 1. The predicted molar refractivity (Wildman–Crippen MR) is 81.4 cm³/mol. The van der Waals surface area contributed by atoms with Crippen molar-refractivity contribution in [2.45, 2.75) is 13.2 Å². The van der Waals surface area contributed by atoms with E-state index in [1.807, 2.05) is 0 Å². The summed E-state index contributed by atoms with van der Waals surface area (Å²) < 4.78 is 31.1. The van der Waals surface area contributed by atoms with Crippen molar-refractivity contribution >= 4 is 34.1 Å². The van der Waals surface area contributed by atoms with Crippen molar-refractivity contribution in [1.82, 2.24) is 14.8 Å². The minimum Gasteiger partial charge on any atom is -0.433 e. The average Bonchev–Trinajstić information content (AvgIpc) is 2.86. The molecule has 0 radical (unpaired) electrons. The largest absolute Gasteiger partial charge is 0.433 e. The molecular formula is C14H9Cl2F2N3O2. The first-order valence-corrected chi connectivity index (χ1v) is 7.14. The molecule has 0 aliphatic carbocycles. The first kappa shape index (κ1) is 15.9. The van der Waals surface area contributed by atoms with Crippen molar-refractivity contribution in [3.05, 3.63) is 46.3 Å². The molecule has 1 N–H and O–H groups in total. The molecule has 5 nitrogen and oxygen atoms in total. The van der Waals surface area contributed by atoms with Crippen LogP contribution in [0.1, 0.15) is 5.69 Å². The molecule has 0 spiro atoms. The van der Waals surface area contributed by atoms with E-state index in [4.69, 9.17) is 23.2 Å². The van der Waals surface area contributed by atoms with Crippen LogP contribution < -0.4 is 4.74 Å². The molecular weight excluding hydrogens is 351 g/mol. The van der Waals surface area contributed by atoms with Crippen molar-refractivity contribution in [2.75, 3.05) is 0 Å². The first-order valence-electron chi connectivity index (χ1n) is 6.38. The summed E-state index contributed by atoms with van der Waals surface area (Å²) in [5.41, 5.74) is 1.01. The highest BCUT2D eigenvalue weighted by Gasteiger charge is 2.18. The third-order valence-corrected chi connectivity index (χ3v) is 3.57. The number of halogens is 4. The fourth-order valence-corrected chi connectivity index (χ4v) is 2.52. The molecule has 9 heteroatoms. The van der Waals surface area contributed by atoms with Gasteiger partial charge in [0.25, 0.3) is 0 Å². The number of alkyl halides is 2. The van der Waals surface area contributed by atoms with Crippen LogP contribution in [0.4, 0.5) is 8.78 Å². The van der Waals surface area contributed by atoms with Crippen LogP contribution in [-0.4, -0.2) is 26.5 Å². The summed E-state index contributed by atoms with van der Waals surface area (Å²) in [5, 5.41) is 14.7. The summed E-state index contributed by atoms with van der Waals surface area (Å²) in [4.78, 5) is 3.93. The second-order valence-electron chi connectivity index (χ2n) is 4.53. The number of nitrogens with zero attached hydrogens (tertiary/aromatic N) is 3. The van der Waals surface area contributed by atoms with E-state index in [-0.39, 0.29) is 23.2 Å². The lowest BCUT2D eigenvalue weighted by Gasteiger charge is -2.12. The molecule has 0 saturated heterocycles. The molecule has 2 heterocycles. The van der Waals surface area contributed by atoms with E-state index in [9.17, 15) is 13.9 Å². The zero-order valence-electron chi connectivity index (χ0n) is 11.4. The van der Waals surface area contributed by atoms with Gasteiger partial charge in [0.1, 0.15) is 10.8 Å². The molecule has 3 aromatic rings. The van der Waals surface area contributed by atoms with Gasteiger partial charge in [-0.2, -0.15) is 13.9 Å². The van der Waals surface area contributed by atoms with Crippen molar-refractivity contribution in [1.29, 1.82) is 0 Å². The average molecular weight is 360 g/mol. The predicted octanol–water partition coefficient (Wildman–Crippen LogP) is 3.82. The summed E-state index contributed by atoms with van der Waals surface area (Å²) >= 11 is 11.8. The highest BCUT2D eigenvalue weighted by Crippen LogP contribution is 2.31. The number of pyridine rings is 1. The zero-order chi connectivity index (χ0) is 16.6. The minimum atomic E-state index is -3.00. The number of aromatic nitrogens is 3. The summed E-state index contributed by atoms with van der Waals surface area (Å²) in [6.07, 6.45) is 1.45. The van der Waals surface area contributed by atoms with Gasteiger partial charge in [-0.05, 0) is 18.2 Å². The Kier molecular flexibility index (Phi) is 4.34. The highest BCUT2D eigenvalue weighted by atomic mass is 35.5. The molecule has 2 aromatic heterocycles.